The van der Waals surface area contributed by atoms with Crippen LogP contribution in [0.1, 0.15) is 97.3 Å². The van der Waals surface area contributed by atoms with Crippen molar-refractivity contribution in [1.82, 2.24) is 0 Å². The maximum absolute atomic E-state index is 11.7. The number of aliphatic carboxylic acids is 1. The second kappa shape index (κ2) is 16.5. The van der Waals surface area contributed by atoms with E-state index in [0.29, 0.717) is 0 Å². The molecule has 0 unspecified atom stereocenters. The molecule has 0 aliphatic carbocycles. The first-order valence-corrected chi connectivity index (χ1v) is 9.64. The van der Waals surface area contributed by atoms with Crippen LogP contribution in [-0.2, 0) is 9.59 Å². The Morgan fingerprint density at radius 1 is 0.833 bits per heavy atom. The van der Waals surface area contributed by atoms with Gasteiger partial charge in [-0.1, -0.05) is 63.7 Å². The quantitative estimate of drug-likeness (QED) is 0.206. The highest BCUT2D eigenvalue weighted by Crippen LogP contribution is 2.12. The molecule has 0 heterocycles. The Labute approximate surface area is 148 Å². The standard InChI is InChI=1S/C21H36O3/c1-3-4-5-6-10-13-16-20(19(2)22)17-14-11-8-7-9-12-15-18-21(23)24/h10,13,17H,3-9,11-12,14-16,18H2,1-2H3,(H,23,24)/b13-10?,20-17+. The number of ketones is 1. The zero-order chi connectivity index (χ0) is 18.0. The summed E-state index contributed by atoms with van der Waals surface area (Å²) in [7, 11) is 0. The van der Waals surface area contributed by atoms with Crippen molar-refractivity contribution >= 4 is 11.8 Å². The number of hydrogen-bond donors (Lipinski definition) is 1. The largest absolute Gasteiger partial charge is 0.481 e. The van der Waals surface area contributed by atoms with E-state index >= 15 is 0 Å². The Bertz CT molecular complexity index is 394. The van der Waals surface area contributed by atoms with Gasteiger partial charge >= 0.3 is 5.97 Å². The topological polar surface area (TPSA) is 54.4 Å². The minimum atomic E-state index is -0.698. The average molecular weight is 337 g/mol. The van der Waals surface area contributed by atoms with Crippen LogP contribution in [0.25, 0.3) is 0 Å². The van der Waals surface area contributed by atoms with E-state index in [1.54, 1.807) is 6.92 Å². The van der Waals surface area contributed by atoms with Crippen LogP contribution in [0.4, 0.5) is 0 Å². The van der Waals surface area contributed by atoms with E-state index in [-0.39, 0.29) is 12.2 Å². The zero-order valence-electron chi connectivity index (χ0n) is 15.7. The summed E-state index contributed by atoms with van der Waals surface area (Å²) in [4.78, 5) is 22.0. The molecule has 0 aromatic carbocycles. The van der Waals surface area contributed by atoms with Crippen LogP contribution in [0.5, 0.6) is 0 Å². The molecule has 3 heteroatoms. The highest BCUT2D eigenvalue weighted by Gasteiger charge is 2.01. The minimum Gasteiger partial charge on any atom is -0.481 e. The van der Waals surface area contributed by atoms with Crippen molar-refractivity contribution in [3.8, 4) is 0 Å². The summed E-state index contributed by atoms with van der Waals surface area (Å²) in [5.41, 5.74) is 0.934. The van der Waals surface area contributed by atoms with E-state index in [1.165, 1.54) is 19.3 Å². The van der Waals surface area contributed by atoms with Gasteiger partial charge in [0.1, 0.15) is 0 Å². The number of carboxylic acids is 1. The lowest BCUT2D eigenvalue weighted by Gasteiger charge is -2.02. The number of carbonyl (C=O) groups excluding carboxylic acids is 1. The Balaban J connectivity index is 3.77. The van der Waals surface area contributed by atoms with Crippen molar-refractivity contribution in [1.29, 1.82) is 0 Å². The number of allylic oxidation sites excluding steroid dienone is 4. The minimum absolute atomic E-state index is 0.182. The molecule has 0 rings (SSSR count). The third-order valence-electron chi connectivity index (χ3n) is 4.17. The van der Waals surface area contributed by atoms with E-state index in [1.807, 2.05) is 0 Å². The molecule has 0 atom stereocenters. The summed E-state index contributed by atoms with van der Waals surface area (Å²) in [6.45, 7) is 3.86. The second-order valence-electron chi connectivity index (χ2n) is 6.51. The van der Waals surface area contributed by atoms with Crippen molar-refractivity contribution < 1.29 is 14.7 Å². The van der Waals surface area contributed by atoms with E-state index in [0.717, 1.165) is 63.4 Å². The van der Waals surface area contributed by atoms with Crippen LogP contribution in [0.15, 0.2) is 23.8 Å². The highest BCUT2D eigenvalue weighted by molar-refractivity contribution is 5.93. The molecule has 0 spiro atoms. The smallest absolute Gasteiger partial charge is 0.303 e. The summed E-state index contributed by atoms with van der Waals surface area (Å²) in [5.74, 6) is -0.516. The van der Waals surface area contributed by atoms with Crippen LogP contribution in [0.3, 0.4) is 0 Å². The number of unbranched alkanes of at least 4 members (excludes halogenated alkanes) is 9. The fraction of sp³-hybridized carbons (Fsp3) is 0.714. The molecule has 0 saturated carbocycles. The molecule has 24 heavy (non-hydrogen) atoms. The molecule has 0 amide bonds. The number of carbonyl (C=O) groups is 2. The molecule has 0 bridgehead atoms. The Hall–Kier alpha value is -1.38. The molecule has 138 valence electrons. The molecule has 0 fully saturated rings. The van der Waals surface area contributed by atoms with Crippen LogP contribution >= 0.6 is 0 Å². The van der Waals surface area contributed by atoms with Gasteiger partial charge in [0, 0.05) is 6.42 Å². The van der Waals surface area contributed by atoms with Gasteiger partial charge in [-0.25, -0.2) is 0 Å². The van der Waals surface area contributed by atoms with Gasteiger partial charge in [-0.2, -0.15) is 0 Å². The van der Waals surface area contributed by atoms with Gasteiger partial charge in [0.2, 0.25) is 0 Å². The van der Waals surface area contributed by atoms with E-state index in [2.05, 4.69) is 25.2 Å². The average Bonchev–Trinajstić information content (AvgIpc) is 2.53. The van der Waals surface area contributed by atoms with Gasteiger partial charge in [0.25, 0.3) is 0 Å². The fourth-order valence-corrected chi connectivity index (χ4v) is 2.62. The molecule has 0 saturated heterocycles. The number of carboxylic acid groups (broad SMARTS) is 1. The lowest BCUT2D eigenvalue weighted by atomic mass is 10.0. The second-order valence-corrected chi connectivity index (χ2v) is 6.51. The van der Waals surface area contributed by atoms with E-state index < -0.39 is 5.97 Å². The molecular formula is C21H36O3. The summed E-state index contributed by atoms with van der Waals surface area (Å²) < 4.78 is 0. The maximum Gasteiger partial charge on any atom is 0.303 e. The summed E-state index contributed by atoms with van der Waals surface area (Å²) in [6.07, 6.45) is 19.6. The first-order valence-electron chi connectivity index (χ1n) is 9.64. The third-order valence-corrected chi connectivity index (χ3v) is 4.17. The van der Waals surface area contributed by atoms with Crippen LogP contribution in [0, 0.1) is 0 Å². The van der Waals surface area contributed by atoms with Crippen molar-refractivity contribution in [2.75, 3.05) is 0 Å². The molecule has 0 radical (unpaired) electrons. The van der Waals surface area contributed by atoms with Crippen molar-refractivity contribution in [3.05, 3.63) is 23.8 Å². The van der Waals surface area contributed by atoms with E-state index in [9.17, 15) is 9.59 Å². The van der Waals surface area contributed by atoms with Gasteiger partial charge in [-0.15, -0.1) is 0 Å². The summed E-state index contributed by atoms with van der Waals surface area (Å²) >= 11 is 0. The first kappa shape index (κ1) is 22.6. The van der Waals surface area contributed by atoms with Gasteiger partial charge in [0.15, 0.2) is 5.78 Å². The SMILES string of the molecule is CCCCCC=CC/C(=C\CCCCCCCCC(=O)O)C(C)=O. The summed E-state index contributed by atoms with van der Waals surface area (Å²) in [6, 6.07) is 0. The van der Waals surface area contributed by atoms with Crippen molar-refractivity contribution in [2.24, 2.45) is 0 Å². The van der Waals surface area contributed by atoms with E-state index in [4.69, 9.17) is 5.11 Å². The van der Waals surface area contributed by atoms with Gasteiger partial charge in [0.05, 0.1) is 0 Å². The number of Topliss-reactive ketones (excluding diaryl/α,β-unsaturated/α-hetero) is 1. The predicted octanol–water partition coefficient (Wildman–Crippen LogP) is 6.23. The zero-order valence-corrected chi connectivity index (χ0v) is 15.7. The van der Waals surface area contributed by atoms with Crippen molar-refractivity contribution in [2.45, 2.75) is 97.3 Å². The van der Waals surface area contributed by atoms with Crippen LogP contribution in [-0.4, -0.2) is 16.9 Å². The number of rotatable bonds is 16. The highest BCUT2D eigenvalue weighted by atomic mass is 16.4. The molecular weight excluding hydrogens is 300 g/mol. The molecule has 0 aliphatic rings. The lowest BCUT2D eigenvalue weighted by molar-refractivity contribution is -0.137. The molecule has 1 N–H and O–H groups in total. The predicted molar refractivity (Wildman–Crippen MR) is 101 cm³/mol. The molecule has 0 aromatic heterocycles. The Morgan fingerprint density at radius 3 is 2.08 bits per heavy atom. The monoisotopic (exact) mass is 336 g/mol. The molecule has 0 aromatic rings. The first-order chi connectivity index (χ1) is 11.6. The van der Waals surface area contributed by atoms with Crippen molar-refractivity contribution in [3.63, 3.8) is 0 Å². The molecule has 0 aliphatic heterocycles. The normalized spacial score (nSPS) is 12.0. The Morgan fingerprint density at radius 2 is 1.46 bits per heavy atom. The van der Waals surface area contributed by atoms with Gasteiger partial charge in [-0.05, 0) is 51.0 Å². The Kier molecular flexibility index (Phi) is 15.5. The third kappa shape index (κ3) is 15.5. The molecule has 3 nitrogen and oxygen atoms in total. The fourth-order valence-electron chi connectivity index (χ4n) is 2.62. The van der Waals surface area contributed by atoms with Crippen LogP contribution in [0.2, 0.25) is 0 Å². The van der Waals surface area contributed by atoms with Gasteiger partial charge in [-0.3, -0.25) is 9.59 Å². The summed E-state index contributed by atoms with van der Waals surface area (Å²) in [5, 5.41) is 8.56. The van der Waals surface area contributed by atoms with Crippen LogP contribution < -0.4 is 0 Å². The maximum atomic E-state index is 11.7. The lowest BCUT2D eigenvalue weighted by Crippen LogP contribution is -1.95. The number of hydrogen-bond acceptors (Lipinski definition) is 2. The van der Waals surface area contributed by atoms with Gasteiger partial charge < -0.3 is 5.11 Å².